The molecule has 0 atom stereocenters. The van der Waals surface area contributed by atoms with E-state index < -0.39 is 0 Å². The van der Waals surface area contributed by atoms with Gasteiger partial charge >= 0.3 is 17.1 Å². The summed E-state index contributed by atoms with van der Waals surface area (Å²) in [5, 5.41) is 23.7. The van der Waals surface area contributed by atoms with Crippen LogP contribution in [-0.2, 0) is 17.1 Å². The molecule has 0 heterocycles. The SMILES string of the molecule is Cc1cccc(C([O-])=C2C=CC=C2)c1.Cc1cccc(C([O-])=C2C=CC=C2)c1.[Fe+2]. The van der Waals surface area contributed by atoms with Crippen molar-refractivity contribution >= 4 is 11.5 Å². The Kier molecular flexibility index (Phi) is 8.08. The molecular formula is C26H22FeO2. The van der Waals surface area contributed by atoms with Crippen LogP contribution in [0.5, 0.6) is 0 Å². The van der Waals surface area contributed by atoms with Gasteiger partial charge in [-0.1, -0.05) is 120 Å². The Labute approximate surface area is 183 Å². The molecule has 0 aliphatic heterocycles. The zero-order valence-corrected chi connectivity index (χ0v) is 17.5. The van der Waals surface area contributed by atoms with E-state index in [1.807, 2.05) is 111 Å². The van der Waals surface area contributed by atoms with Crippen molar-refractivity contribution in [3.8, 4) is 0 Å². The Morgan fingerprint density at radius 2 is 0.931 bits per heavy atom. The normalized spacial score (nSPS) is 13.2. The molecule has 0 aromatic heterocycles. The Morgan fingerprint density at radius 3 is 1.24 bits per heavy atom. The second-order valence-electron chi connectivity index (χ2n) is 6.74. The minimum atomic E-state index is 0. The van der Waals surface area contributed by atoms with Crippen LogP contribution in [0.3, 0.4) is 0 Å². The van der Waals surface area contributed by atoms with Crippen LogP contribution in [0.2, 0.25) is 0 Å². The first kappa shape index (κ1) is 22.3. The van der Waals surface area contributed by atoms with E-state index >= 15 is 0 Å². The van der Waals surface area contributed by atoms with Crippen LogP contribution in [0.15, 0.2) is 108 Å². The van der Waals surface area contributed by atoms with Gasteiger partial charge in [0.25, 0.3) is 0 Å². The molecule has 0 bridgehead atoms. The molecule has 2 nitrogen and oxygen atoms in total. The minimum absolute atomic E-state index is 0. The molecule has 0 unspecified atom stereocenters. The summed E-state index contributed by atoms with van der Waals surface area (Å²) in [6, 6.07) is 15.3. The van der Waals surface area contributed by atoms with E-state index in [0.29, 0.717) is 0 Å². The third-order valence-corrected chi connectivity index (χ3v) is 4.41. The van der Waals surface area contributed by atoms with Crippen LogP contribution in [0.4, 0.5) is 0 Å². The molecule has 2 aliphatic rings. The second-order valence-corrected chi connectivity index (χ2v) is 6.74. The maximum absolute atomic E-state index is 11.9. The van der Waals surface area contributed by atoms with Gasteiger partial charge in [0, 0.05) is 0 Å². The number of hydrogen-bond acceptors (Lipinski definition) is 2. The molecule has 0 N–H and O–H groups in total. The predicted octanol–water partition coefficient (Wildman–Crippen LogP) is 4.38. The zero-order chi connectivity index (χ0) is 19.9. The van der Waals surface area contributed by atoms with Crippen LogP contribution in [0, 0.1) is 13.8 Å². The van der Waals surface area contributed by atoms with Crippen molar-refractivity contribution in [2.45, 2.75) is 13.8 Å². The van der Waals surface area contributed by atoms with Crippen molar-refractivity contribution in [2.24, 2.45) is 0 Å². The molecule has 0 fully saturated rings. The van der Waals surface area contributed by atoms with E-state index in [2.05, 4.69) is 0 Å². The summed E-state index contributed by atoms with van der Waals surface area (Å²) >= 11 is 0. The number of rotatable bonds is 2. The minimum Gasteiger partial charge on any atom is -0.872 e. The monoisotopic (exact) mass is 422 g/mol. The zero-order valence-electron chi connectivity index (χ0n) is 16.4. The molecule has 4 rings (SSSR count). The van der Waals surface area contributed by atoms with Gasteiger partial charge in [0.1, 0.15) is 0 Å². The smallest absolute Gasteiger partial charge is 0.872 e. The van der Waals surface area contributed by atoms with Crippen molar-refractivity contribution in [3.63, 3.8) is 0 Å². The van der Waals surface area contributed by atoms with E-state index in [-0.39, 0.29) is 28.6 Å². The average molecular weight is 422 g/mol. The summed E-state index contributed by atoms with van der Waals surface area (Å²) in [6.45, 7) is 3.98. The molecule has 3 heteroatoms. The first-order chi connectivity index (χ1) is 13.5. The van der Waals surface area contributed by atoms with Gasteiger partial charge in [0.15, 0.2) is 0 Å². The second kappa shape index (κ2) is 10.5. The van der Waals surface area contributed by atoms with Crippen molar-refractivity contribution in [2.75, 3.05) is 0 Å². The van der Waals surface area contributed by atoms with Crippen molar-refractivity contribution < 1.29 is 27.3 Å². The molecule has 0 radical (unpaired) electrons. The fourth-order valence-electron chi connectivity index (χ4n) is 2.96. The summed E-state index contributed by atoms with van der Waals surface area (Å²) in [6.07, 6.45) is 14.9. The molecule has 0 amide bonds. The topological polar surface area (TPSA) is 46.1 Å². The molecule has 146 valence electrons. The Morgan fingerprint density at radius 1 is 0.586 bits per heavy atom. The van der Waals surface area contributed by atoms with Crippen molar-refractivity contribution in [1.82, 2.24) is 0 Å². The van der Waals surface area contributed by atoms with Gasteiger partial charge in [0.05, 0.1) is 0 Å². The standard InChI is InChI=1S/2C13H12O.Fe/c2*1-10-5-4-8-12(9-10)13(14)11-6-2-3-7-11;/h2*2-9,14H,1H3;/q;;+2/p-2. The van der Waals surface area contributed by atoms with E-state index in [1.54, 1.807) is 0 Å². The van der Waals surface area contributed by atoms with Gasteiger partial charge in [-0.3, -0.25) is 0 Å². The van der Waals surface area contributed by atoms with Gasteiger partial charge < -0.3 is 10.2 Å². The fourth-order valence-corrected chi connectivity index (χ4v) is 2.96. The molecule has 0 spiro atoms. The first-order valence-electron chi connectivity index (χ1n) is 9.21. The summed E-state index contributed by atoms with van der Waals surface area (Å²) in [5.41, 5.74) is 5.27. The molecule has 0 saturated carbocycles. The van der Waals surface area contributed by atoms with Gasteiger partial charge in [-0.05, 0) is 36.1 Å². The number of aryl methyl sites for hydroxylation is 2. The predicted molar refractivity (Wildman–Crippen MR) is 113 cm³/mol. The third-order valence-electron chi connectivity index (χ3n) is 4.41. The molecular weight excluding hydrogens is 400 g/mol. The average Bonchev–Trinajstić information content (AvgIpc) is 3.41. The third kappa shape index (κ3) is 5.99. The van der Waals surface area contributed by atoms with Gasteiger partial charge in [0.2, 0.25) is 0 Å². The van der Waals surface area contributed by atoms with Crippen molar-refractivity contribution in [3.05, 3.63) is 131 Å². The Bertz CT molecular complexity index is 936. The summed E-state index contributed by atoms with van der Waals surface area (Å²) in [5.74, 6) is 0.192. The van der Waals surface area contributed by atoms with Crippen LogP contribution >= 0.6 is 0 Å². The quantitative estimate of drug-likeness (QED) is 0.533. The largest absolute Gasteiger partial charge is 2.00 e. The van der Waals surface area contributed by atoms with E-state index in [1.165, 1.54) is 0 Å². The van der Waals surface area contributed by atoms with Gasteiger partial charge in [-0.15, -0.1) is 0 Å². The van der Waals surface area contributed by atoms with Crippen LogP contribution < -0.4 is 10.2 Å². The van der Waals surface area contributed by atoms with Gasteiger partial charge in [-0.25, -0.2) is 0 Å². The number of hydrogen-bond donors (Lipinski definition) is 0. The number of benzene rings is 2. The first-order valence-corrected chi connectivity index (χ1v) is 9.21. The van der Waals surface area contributed by atoms with Crippen molar-refractivity contribution in [1.29, 1.82) is 0 Å². The molecule has 29 heavy (non-hydrogen) atoms. The van der Waals surface area contributed by atoms with E-state index in [9.17, 15) is 10.2 Å². The molecule has 2 aromatic carbocycles. The number of allylic oxidation sites excluding steroid dienone is 10. The molecule has 2 aromatic rings. The van der Waals surface area contributed by atoms with Gasteiger partial charge in [-0.2, -0.15) is 0 Å². The molecule has 0 saturated heterocycles. The van der Waals surface area contributed by atoms with E-state index in [4.69, 9.17) is 0 Å². The maximum Gasteiger partial charge on any atom is 2.00 e. The van der Waals surface area contributed by atoms with Crippen LogP contribution in [0.25, 0.3) is 11.5 Å². The fraction of sp³-hybridized carbons (Fsp3) is 0.0769. The summed E-state index contributed by atoms with van der Waals surface area (Å²) in [7, 11) is 0. The Balaban J connectivity index is 0.000000200. The Hall–Kier alpha value is -3.00. The molecule has 2 aliphatic carbocycles. The maximum atomic E-state index is 11.9. The summed E-state index contributed by atoms with van der Waals surface area (Å²) in [4.78, 5) is 0. The van der Waals surface area contributed by atoms with E-state index in [0.717, 1.165) is 33.4 Å². The van der Waals surface area contributed by atoms with Crippen LogP contribution in [0.1, 0.15) is 22.3 Å². The summed E-state index contributed by atoms with van der Waals surface area (Å²) < 4.78 is 0. The van der Waals surface area contributed by atoms with Crippen LogP contribution in [-0.4, -0.2) is 0 Å².